The van der Waals surface area contributed by atoms with Crippen LogP contribution < -0.4 is 10.1 Å². The Balaban J connectivity index is 2.19. The number of halogens is 2. The summed E-state index contributed by atoms with van der Waals surface area (Å²) in [5.74, 6) is 0.693. The van der Waals surface area contributed by atoms with Gasteiger partial charge in [0.2, 0.25) is 5.91 Å². The summed E-state index contributed by atoms with van der Waals surface area (Å²) >= 11 is 12.6. The first-order valence-corrected chi connectivity index (χ1v) is 7.69. The van der Waals surface area contributed by atoms with Crippen molar-refractivity contribution < 1.29 is 9.53 Å². The first kappa shape index (κ1) is 14.5. The van der Waals surface area contributed by atoms with Crippen molar-refractivity contribution in [2.45, 2.75) is 32.9 Å². The van der Waals surface area contributed by atoms with Gasteiger partial charge in [0.05, 0.1) is 28.2 Å². The molecule has 2 aromatic rings. The maximum Gasteiger partial charge on any atom is 0.217 e. The van der Waals surface area contributed by atoms with E-state index in [0.717, 1.165) is 35.3 Å². The number of carbonyl (C=O) groups is 1. The SMILES string of the molecule is CCOc1cc(Cl)c(Cl)c2c1cc1n2CC[C@H]1NC(C)=O. The minimum Gasteiger partial charge on any atom is -0.493 e. The molecule has 1 aromatic carbocycles. The normalized spacial score (nSPS) is 17.0. The van der Waals surface area contributed by atoms with Crippen LogP contribution in [0.25, 0.3) is 10.9 Å². The number of amides is 1. The zero-order chi connectivity index (χ0) is 15.1. The second-order valence-electron chi connectivity index (χ2n) is 5.13. The predicted molar refractivity (Wildman–Crippen MR) is 84.3 cm³/mol. The van der Waals surface area contributed by atoms with Gasteiger partial charge in [-0.25, -0.2) is 0 Å². The van der Waals surface area contributed by atoms with E-state index < -0.39 is 0 Å². The summed E-state index contributed by atoms with van der Waals surface area (Å²) in [6.45, 7) is 4.82. The van der Waals surface area contributed by atoms with Gasteiger partial charge >= 0.3 is 0 Å². The van der Waals surface area contributed by atoms with Gasteiger partial charge < -0.3 is 14.6 Å². The van der Waals surface area contributed by atoms with Crippen molar-refractivity contribution >= 4 is 40.0 Å². The quantitative estimate of drug-likeness (QED) is 0.928. The van der Waals surface area contributed by atoms with E-state index in [4.69, 9.17) is 27.9 Å². The number of benzene rings is 1. The maximum atomic E-state index is 11.3. The lowest BCUT2D eigenvalue weighted by Crippen LogP contribution is -2.24. The number of hydrogen-bond acceptors (Lipinski definition) is 2. The smallest absolute Gasteiger partial charge is 0.217 e. The summed E-state index contributed by atoms with van der Waals surface area (Å²) in [6.07, 6.45) is 0.859. The summed E-state index contributed by atoms with van der Waals surface area (Å²) in [5.41, 5.74) is 1.93. The summed E-state index contributed by atoms with van der Waals surface area (Å²) in [7, 11) is 0. The third-order valence-electron chi connectivity index (χ3n) is 3.75. The molecule has 0 unspecified atom stereocenters. The van der Waals surface area contributed by atoms with E-state index in [2.05, 4.69) is 9.88 Å². The van der Waals surface area contributed by atoms with Crippen molar-refractivity contribution in [3.05, 3.63) is 27.9 Å². The van der Waals surface area contributed by atoms with Gasteiger partial charge in [-0.1, -0.05) is 23.2 Å². The summed E-state index contributed by atoms with van der Waals surface area (Å²) < 4.78 is 7.78. The van der Waals surface area contributed by atoms with Crippen LogP contribution in [0.15, 0.2) is 12.1 Å². The Bertz CT molecular complexity index is 724. The Hall–Kier alpha value is -1.39. The van der Waals surface area contributed by atoms with Crippen LogP contribution >= 0.6 is 23.2 Å². The molecule has 0 saturated carbocycles. The van der Waals surface area contributed by atoms with Gasteiger partial charge in [0.15, 0.2) is 0 Å². The van der Waals surface area contributed by atoms with Crippen LogP contribution in [0.5, 0.6) is 5.75 Å². The number of nitrogens with one attached hydrogen (secondary N) is 1. The van der Waals surface area contributed by atoms with Crippen LogP contribution in [0, 0.1) is 0 Å². The number of hydrogen-bond donors (Lipinski definition) is 1. The highest BCUT2D eigenvalue weighted by atomic mass is 35.5. The Morgan fingerprint density at radius 2 is 2.24 bits per heavy atom. The van der Waals surface area contributed by atoms with Gasteiger partial charge in [0.1, 0.15) is 5.75 Å². The van der Waals surface area contributed by atoms with Gasteiger partial charge in [0.25, 0.3) is 0 Å². The molecule has 1 atom stereocenters. The van der Waals surface area contributed by atoms with Crippen molar-refractivity contribution in [2.75, 3.05) is 6.61 Å². The molecule has 1 N–H and O–H groups in total. The largest absolute Gasteiger partial charge is 0.493 e. The van der Waals surface area contributed by atoms with Gasteiger partial charge in [-0.2, -0.15) is 0 Å². The van der Waals surface area contributed by atoms with Gasteiger partial charge in [-0.05, 0) is 19.4 Å². The molecule has 1 aliphatic rings. The summed E-state index contributed by atoms with van der Waals surface area (Å²) in [5, 5.41) is 4.92. The highest BCUT2D eigenvalue weighted by molar-refractivity contribution is 6.45. The molecule has 0 aliphatic carbocycles. The predicted octanol–water partition coefficient (Wildman–Crippen LogP) is 3.93. The number of carbonyl (C=O) groups excluding carboxylic acids is 1. The summed E-state index contributed by atoms with van der Waals surface area (Å²) in [6, 6.07) is 3.80. The van der Waals surface area contributed by atoms with E-state index in [9.17, 15) is 4.79 Å². The van der Waals surface area contributed by atoms with Crippen molar-refractivity contribution in [2.24, 2.45) is 0 Å². The molecule has 4 nitrogen and oxygen atoms in total. The molecule has 0 saturated heterocycles. The topological polar surface area (TPSA) is 43.3 Å². The highest BCUT2D eigenvalue weighted by Crippen LogP contribution is 2.43. The second kappa shape index (κ2) is 5.43. The Labute approximate surface area is 133 Å². The first-order valence-electron chi connectivity index (χ1n) is 6.94. The van der Waals surface area contributed by atoms with Gasteiger partial charge in [0, 0.05) is 30.6 Å². The first-order chi connectivity index (χ1) is 10.0. The molecule has 1 aliphatic heterocycles. The molecule has 3 rings (SSSR count). The molecule has 2 heterocycles. The number of aryl methyl sites for hydroxylation is 1. The van der Waals surface area contributed by atoms with Crippen molar-refractivity contribution in [1.29, 1.82) is 0 Å². The van der Waals surface area contributed by atoms with E-state index in [1.54, 1.807) is 6.07 Å². The van der Waals surface area contributed by atoms with Crippen molar-refractivity contribution in [3.63, 3.8) is 0 Å². The lowest BCUT2D eigenvalue weighted by atomic mass is 10.1. The van der Waals surface area contributed by atoms with Gasteiger partial charge in [-0.3, -0.25) is 4.79 Å². The lowest BCUT2D eigenvalue weighted by molar-refractivity contribution is -0.119. The van der Waals surface area contributed by atoms with Gasteiger partial charge in [-0.15, -0.1) is 0 Å². The molecule has 6 heteroatoms. The minimum atomic E-state index is -0.0344. The molecule has 112 valence electrons. The highest BCUT2D eigenvalue weighted by Gasteiger charge is 2.28. The van der Waals surface area contributed by atoms with E-state index in [1.807, 2.05) is 13.0 Å². The molecular formula is C15H16Cl2N2O2. The number of ether oxygens (including phenoxy) is 1. The average molecular weight is 327 g/mol. The van der Waals surface area contributed by atoms with Crippen molar-refractivity contribution in [1.82, 2.24) is 9.88 Å². The van der Waals surface area contributed by atoms with Crippen LogP contribution in [0.4, 0.5) is 0 Å². The van der Waals surface area contributed by atoms with E-state index in [1.165, 1.54) is 6.92 Å². The van der Waals surface area contributed by atoms with Crippen LogP contribution in [-0.4, -0.2) is 17.1 Å². The van der Waals surface area contributed by atoms with E-state index >= 15 is 0 Å². The molecular weight excluding hydrogens is 311 g/mol. The molecule has 1 aromatic heterocycles. The molecule has 0 radical (unpaired) electrons. The Morgan fingerprint density at radius 1 is 1.48 bits per heavy atom. The number of nitrogens with zero attached hydrogens (tertiary/aromatic N) is 1. The Kier molecular flexibility index (Phi) is 3.76. The molecule has 0 fully saturated rings. The average Bonchev–Trinajstić information content (AvgIpc) is 2.96. The standard InChI is InChI=1S/C15H16Cl2N2O2/c1-3-21-13-7-10(16)14(17)15-9(13)6-12-11(18-8(2)20)4-5-19(12)15/h6-7,11H,3-5H2,1-2H3,(H,18,20)/t11-/m1/s1. The number of fused-ring (bicyclic) bond motifs is 3. The molecule has 1 amide bonds. The Morgan fingerprint density at radius 3 is 2.90 bits per heavy atom. The molecule has 0 spiro atoms. The van der Waals surface area contributed by atoms with E-state index in [-0.39, 0.29) is 11.9 Å². The number of rotatable bonds is 3. The zero-order valence-corrected chi connectivity index (χ0v) is 13.4. The third kappa shape index (κ3) is 2.36. The third-order valence-corrected chi connectivity index (χ3v) is 4.52. The summed E-state index contributed by atoms with van der Waals surface area (Å²) in [4.78, 5) is 11.3. The fourth-order valence-corrected chi connectivity index (χ4v) is 3.41. The fraction of sp³-hybridized carbons (Fsp3) is 0.400. The maximum absolute atomic E-state index is 11.3. The van der Waals surface area contributed by atoms with Crippen LogP contribution in [0.3, 0.4) is 0 Å². The van der Waals surface area contributed by atoms with Crippen molar-refractivity contribution in [3.8, 4) is 5.75 Å². The number of aromatic nitrogens is 1. The minimum absolute atomic E-state index is 0.0132. The monoisotopic (exact) mass is 326 g/mol. The second-order valence-corrected chi connectivity index (χ2v) is 5.91. The lowest BCUT2D eigenvalue weighted by Gasteiger charge is -2.09. The fourth-order valence-electron chi connectivity index (χ4n) is 2.96. The molecule has 0 bridgehead atoms. The van der Waals surface area contributed by atoms with Crippen LogP contribution in [0.2, 0.25) is 10.0 Å². The van der Waals surface area contributed by atoms with Crippen LogP contribution in [-0.2, 0) is 11.3 Å². The van der Waals surface area contributed by atoms with E-state index in [0.29, 0.717) is 16.7 Å². The zero-order valence-electron chi connectivity index (χ0n) is 11.9. The van der Waals surface area contributed by atoms with Crippen LogP contribution in [0.1, 0.15) is 32.0 Å². The molecule has 21 heavy (non-hydrogen) atoms.